The number of pyridine rings is 1. The first kappa shape index (κ1) is 21.9. The number of amides is 1. The fourth-order valence-electron chi connectivity index (χ4n) is 3.26. The maximum absolute atomic E-state index is 12.6. The van der Waals surface area contributed by atoms with Crippen molar-refractivity contribution in [2.24, 2.45) is 0 Å². The lowest BCUT2D eigenvalue weighted by Crippen LogP contribution is -2.41. The van der Waals surface area contributed by atoms with Crippen LogP contribution in [0.1, 0.15) is 50.7 Å². The summed E-state index contributed by atoms with van der Waals surface area (Å²) in [4.78, 5) is 17.6. The molecular formula is C22H25F3N2O3. The van der Waals surface area contributed by atoms with E-state index in [2.05, 4.69) is 4.98 Å². The van der Waals surface area contributed by atoms with E-state index in [4.69, 9.17) is 9.47 Å². The topological polar surface area (TPSA) is 51.7 Å². The van der Waals surface area contributed by atoms with E-state index in [0.29, 0.717) is 24.8 Å². The molecule has 5 nitrogen and oxygen atoms in total. The van der Waals surface area contributed by atoms with Crippen molar-refractivity contribution in [1.29, 1.82) is 0 Å². The molecule has 1 aromatic carbocycles. The standard InChI is InChI=1S/C22H25F3N2O3/c1-21(2,3)30-20(28)27-12-10-16(11-13-27)15-4-7-18(8-5-15)29-19-9-6-17(14-26-19)22(23,24)25/h4-9,14,16H,10-13H2,1-3H3. The first-order valence-corrected chi connectivity index (χ1v) is 9.80. The second-order valence-electron chi connectivity index (χ2n) is 8.30. The average Bonchev–Trinajstić information content (AvgIpc) is 2.67. The highest BCUT2D eigenvalue weighted by Crippen LogP contribution is 2.32. The number of halogens is 3. The van der Waals surface area contributed by atoms with Gasteiger partial charge in [0, 0.05) is 25.4 Å². The fraction of sp³-hybridized carbons (Fsp3) is 0.455. The van der Waals surface area contributed by atoms with Gasteiger partial charge in [0.1, 0.15) is 11.4 Å². The van der Waals surface area contributed by atoms with Crippen LogP contribution in [0.15, 0.2) is 42.6 Å². The second kappa shape index (κ2) is 8.53. The summed E-state index contributed by atoms with van der Waals surface area (Å²) in [5.74, 6) is 0.917. The Labute approximate surface area is 173 Å². The number of hydrogen-bond donors (Lipinski definition) is 0. The number of carbonyl (C=O) groups excluding carboxylic acids is 1. The molecule has 0 radical (unpaired) electrons. The molecule has 0 bridgehead atoms. The summed E-state index contributed by atoms with van der Waals surface area (Å²) in [6, 6.07) is 9.56. The highest BCUT2D eigenvalue weighted by molar-refractivity contribution is 5.68. The minimum absolute atomic E-state index is 0.0985. The fourth-order valence-corrected chi connectivity index (χ4v) is 3.26. The maximum atomic E-state index is 12.6. The minimum atomic E-state index is -4.42. The van der Waals surface area contributed by atoms with Crippen molar-refractivity contribution in [3.63, 3.8) is 0 Å². The average molecular weight is 422 g/mol. The predicted molar refractivity (Wildman–Crippen MR) is 106 cm³/mol. The smallest absolute Gasteiger partial charge is 0.417 e. The van der Waals surface area contributed by atoms with Crippen LogP contribution in [0.3, 0.4) is 0 Å². The van der Waals surface area contributed by atoms with Gasteiger partial charge < -0.3 is 14.4 Å². The Hall–Kier alpha value is -2.77. The van der Waals surface area contributed by atoms with Crippen molar-refractivity contribution in [3.8, 4) is 11.6 Å². The largest absolute Gasteiger partial charge is 0.444 e. The Kier molecular flexibility index (Phi) is 6.24. The summed E-state index contributed by atoms with van der Waals surface area (Å²) in [6.45, 7) is 6.81. The molecule has 0 atom stereocenters. The van der Waals surface area contributed by atoms with Crippen molar-refractivity contribution in [2.45, 2.75) is 51.3 Å². The Morgan fingerprint density at radius 1 is 1.03 bits per heavy atom. The lowest BCUT2D eigenvalue weighted by Gasteiger charge is -2.33. The summed E-state index contributed by atoms with van der Waals surface area (Å²) < 4.78 is 48.8. The lowest BCUT2D eigenvalue weighted by molar-refractivity contribution is -0.137. The van der Waals surface area contributed by atoms with E-state index in [9.17, 15) is 18.0 Å². The molecule has 0 saturated carbocycles. The van der Waals surface area contributed by atoms with Gasteiger partial charge in [-0.05, 0) is 63.3 Å². The molecule has 2 heterocycles. The van der Waals surface area contributed by atoms with Crippen molar-refractivity contribution >= 4 is 6.09 Å². The Morgan fingerprint density at radius 2 is 1.67 bits per heavy atom. The molecular weight excluding hydrogens is 397 g/mol. The number of benzene rings is 1. The Morgan fingerprint density at radius 3 is 2.17 bits per heavy atom. The van der Waals surface area contributed by atoms with Crippen LogP contribution in [0, 0.1) is 0 Å². The van der Waals surface area contributed by atoms with E-state index >= 15 is 0 Å². The summed E-state index contributed by atoms with van der Waals surface area (Å²) >= 11 is 0. The van der Waals surface area contributed by atoms with Crippen LogP contribution in [0.4, 0.5) is 18.0 Å². The summed E-state index contributed by atoms with van der Waals surface area (Å²) in [6.07, 6.45) is -2.29. The molecule has 1 aromatic heterocycles. The van der Waals surface area contributed by atoms with Gasteiger partial charge >= 0.3 is 12.3 Å². The normalized spacial score (nSPS) is 15.7. The molecule has 8 heteroatoms. The van der Waals surface area contributed by atoms with Gasteiger partial charge in [-0.1, -0.05) is 12.1 Å². The van der Waals surface area contributed by atoms with Crippen LogP contribution in [0.5, 0.6) is 11.6 Å². The van der Waals surface area contributed by atoms with Crippen LogP contribution in [-0.4, -0.2) is 34.7 Å². The van der Waals surface area contributed by atoms with Crippen molar-refractivity contribution < 1.29 is 27.4 Å². The minimum Gasteiger partial charge on any atom is -0.444 e. The number of piperidine rings is 1. The SMILES string of the molecule is CC(C)(C)OC(=O)N1CCC(c2ccc(Oc3ccc(C(F)(F)F)cn3)cc2)CC1. The van der Waals surface area contributed by atoms with Crippen molar-refractivity contribution in [3.05, 3.63) is 53.7 Å². The van der Waals surface area contributed by atoms with Crippen LogP contribution in [-0.2, 0) is 10.9 Å². The second-order valence-corrected chi connectivity index (χ2v) is 8.30. The summed E-state index contributed by atoms with van der Waals surface area (Å²) in [5.41, 5.74) is -0.194. The van der Waals surface area contributed by atoms with E-state index in [1.165, 1.54) is 6.07 Å². The molecule has 162 valence electrons. The van der Waals surface area contributed by atoms with E-state index in [1.807, 2.05) is 32.9 Å². The van der Waals surface area contributed by atoms with Gasteiger partial charge in [0.15, 0.2) is 0 Å². The van der Waals surface area contributed by atoms with Gasteiger partial charge in [-0.15, -0.1) is 0 Å². The van der Waals surface area contributed by atoms with Gasteiger partial charge in [0.25, 0.3) is 0 Å². The van der Waals surface area contributed by atoms with Gasteiger partial charge in [-0.25, -0.2) is 9.78 Å². The number of alkyl halides is 3. The van der Waals surface area contributed by atoms with Crippen LogP contribution >= 0.6 is 0 Å². The van der Waals surface area contributed by atoms with Gasteiger partial charge in [0.05, 0.1) is 5.56 Å². The number of carbonyl (C=O) groups is 1. The molecule has 3 rings (SSSR count). The summed E-state index contributed by atoms with van der Waals surface area (Å²) in [5, 5.41) is 0. The molecule has 1 fully saturated rings. The third kappa shape index (κ3) is 5.87. The molecule has 2 aromatic rings. The van der Waals surface area contributed by atoms with E-state index in [-0.39, 0.29) is 12.0 Å². The molecule has 1 aliphatic heterocycles. The highest BCUT2D eigenvalue weighted by Gasteiger charge is 2.31. The number of ether oxygens (including phenoxy) is 2. The number of hydrogen-bond acceptors (Lipinski definition) is 4. The quantitative estimate of drug-likeness (QED) is 0.608. The monoisotopic (exact) mass is 422 g/mol. The molecule has 0 aliphatic carbocycles. The third-order valence-corrected chi connectivity index (χ3v) is 4.78. The molecule has 0 N–H and O–H groups in total. The first-order chi connectivity index (χ1) is 14.0. The van der Waals surface area contributed by atoms with E-state index in [0.717, 1.165) is 30.7 Å². The van der Waals surface area contributed by atoms with Gasteiger partial charge in [0.2, 0.25) is 5.88 Å². The summed E-state index contributed by atoms with van der Waals surface area (Å²) in [7, 11) is 0. The zero-order chi connectivity index (χ0) is 21.9. The molecule has 1 saturated heterocycles. The van der Waals surface area contributed by atoms with Crippen LogP contribution in [0.25, 0.3) is 0 Å². The molecule has 30 heavy (non-hydrogen) atoms. The molecule has 1 aliphatic rings. The highest BCUT2D eigenvalue weighted by atomic mass is 19.4. The lowest BCUT2D eigenvalue weighted by atomic mass is 9.89. The van der Waals surface area contributed by atoms with Gasteiger partial charge in [-0.2, -0.15) is 13.2 Å². The van der Waals surface area contributed by atoms with Crippen LogP contribution in [0.2, 0.25) is 0 Å². The predicted octanol–water partition coefficient (Wildman–Crippen LogP) is 6.01. The number of rotatable bonds is 3. The van der Waals surface area contributed by atoms with Crippen molar-refractivity contribution in [2.75, 3.05) is 13.1 Å². The molecule has 0 spiro atoms. The van der Waals surface area contributed by atoms with Gasteiger partial charge in [-0.3, -0.25) is 0 Å². The van der Waals surface area contributed by atoms with E-state index < -0.39 is 17.3 Å². The molecule has 1 amide bonds. The Bertz CT molecular complexity index is 851. The van der Waals surface area contributed by atoms with E-state index in [1.54, 1.807) is 17.0 Å². The number of likely N-dealkylation sites (tertiary alicyclic amines) is 1. The number of nitrogens with zero attached hydrogens (tertiary/aromatic N) is 2. The zero-order valence-corrected chi connectivity index (χ0v) is 17.2. The Balaban J connectivity index is 1.54. The van der Waals surface area contributed by atoms with Crippen molar-refractivity contribution in [1.82, 2.24) is 9.88 Å². The maximum Gasteiger partial charge on any atom is 0.417 e. The first-order valence-electron chi connectivity index (χ1n) is 9.80. The molecule has 0 unspecified atom stereocenters. The number of aromatic nitrogens is 1. The van der Waals surface area contributed by atoms with Crippen LogP contribution < -0.4 is 4.74 Å². The third-order valence-electron chi connectivity index (χ3n) is 4.78. The zero-order valence-electron chi connectivity index (χ0n) is 17.2.